The van der Waals surface area contributed by atoms with Gasteiger partial charge in [0, 0.05) is 0 Å². The molecule has 0 saturated heterocycles. The smallest absolute Gasteiger partial charge is 0.240 e. The number of hydrogen-bond acceptors (Lipinski definition) is 3. The van der Waals surface area contributed by atoms with Gasteiger partial charge in [-0.2, -0.15) is 4.99 Å². The summed E-state index contributed by atoms with van der Waals surface area (Å²) in [5, 5.41) is 9.07. The second kappa shape index (κ2) is 2.99. The van der Waals surface area contributed by atoms with Crippen molar-refractivity contribution in [1.82, 2.24) is 0 Å². The van der Waals surface area contributed by atoms with Crippen molar-refractivity contribution in [2.24, 2.45) is 4.99 Å². The summed E-state index contributed by atoms with van der Waals surface area (Å²) in [6.07, 6.45) is 1.42. The van der Waals surface area contributed by atoms with Gasteiger partial charge in [-0.3, -0.25) is 0 Å². The minimum absolute atomic E-state index is 0.204. The third-order valence-corrected chi connectivity index (χ3v) is 1.36. The molecule has 0 unspecified atom stereocenters. The molecule has 0 atom stereocenters. The van der Waals surface area contributed by atoms with Crippen molar-refractivity contribution in [3.63, 3.8) is 0 Å². The SMILES string of the molecule is Cc1cc(N=C=O)ccc1O. The molecule has 0 radical (unpaired) electrons. The summed E-state index contributed by atoms with van der Waals surface area (Å²) in [7, 11) is 0. The van der Waals surface area contributed by atoms with E-state index in [1.165, 1.54) is 12.1 Å². The minimum atomic E-state index is 0.204. The molecule has 0 aromatic heterocycles. The van der Waals surface area contributed by atoms with Crippen LogP contribution in [0.4, 0.5) is 5.69 Å². The van der Waals surface area contributed by atoms with E-state index in [4.69, 9.17) is 5.11 Å². The molecule has 1 aromatic rings. The number of phenolic OH excluding ortho intramolecular Hbond substituents is 1. The number of carbonyl (C=O) groups excluding carboxylic acids is 1. The number of aryl methyl sites for hydroxylation is 1. The zero-order valence-corrected chi connectivity index (χ0v) is 6.03. The van der Waals surface area contributed by atoms with Gasteiger partial charge in [-0.1, -0.05) is 0 Å². The Balaban J connectivity index is 3.14. The van der Waals surface area contributed by atoms with Crippen molar-refractivity contribution in [2.45, 2.75) is 6.92 Å². The molecule has 0 bridgehead atoms. The first kappa shape index (κ1) is 7.51. The maximum absolute atomic E-state index is 9.82. The van der Waals surface area contributed by atoms with Gasteiger partial charge in [0.1, 0.15) is 5.75 Å². The summed E-state index contributed by atoms with van der Waals surface area (Å²) in [5.74, 6) is 0.204. The van der Waals surface area contributed by atoms with E-state index >= 15 is 0 Å². The van der Waals surface area contributed by atoms with Gasteiger partial charge in [0.25, 0.3) is 0 Å². The molecule has 3 heteroatoms. The van der Waals surface area contributed by atoms with Crippen molar-refractivity contribution >= 4 is 11.8 Å². The van der Waals surface area contributed by atoms with Gasteiger partial charge < -0.3 is 5.11 Å². The Bertz CT molecular complexity index is 314. The first-order valence-electron chi connectivity index (χ1n) is 3.11. The van der Waals surface area contributed by atoms with Crippen LogP contribution in [-0.2, 0) is 4.79 Å². The molecule has 11 heavy (non-hydrogen) atoms. The topological polar surface area (TPSA) is 49.7 Å². The number of benzene rings is 1. The lowest BCUT2D eigenvalue weighted by Crippen LogP contribution is -1.72. The number of aliphatic imine (C=N–C) groups is 1. The zero-order chi connectivity index (χ0) is 8.27. The van der Waals surface area contributed by atoms with Crippen LogP contribution in [0, 0.1) is 6.92 Å². The van der Waals surface area contributed by atoms with Crippen LogP contribution in [0.2, 0.25) is 0 Å². The second-order valence-electron chi connectivity index (χ2n) is 2.17. The minimum Gasteiger partial charge on any atom is -0.508 e. The molecule has 0 saturated carbocycles. The van der Waals surface area contributed by atoms with Crippen LogP contribution in [0.3, 0.4) is 0 Å². The Hall–Kier alpha value is -1.60. The monoisotopic (exact) mass is 149 g/mol. The summed E-state index contributed by atoms with van der Waals surface area (Å²) in [6, 6.07) is 4.65. The summed E-state index contributed by atoms with van der Waals surface area (Å²) in [4.78, 5) is 13.2. The van der Waals surface area contributed by atoms with Gasteiger partial charge in [0.15, 0.2) is 0 Å². The predicted molar refractivity (Wildman–Crippen MR) is 40.6 cm³/mol. The van der Waals surface area contributed by atoms with Gasteiger partial charge in [-0.25, -0.2) is 4.79 Å². The van der Waals surface area contributed by atoms with Crippen LogP contribution in [0.5, 0.6) is 5.75 Å². The maximum Gasteiger partial charge on any atom is 0.240 e. The Morgan fingerprint density at radius 2 is 2.27 bits per heavy atom. The van der Waals surface area contributed by atoms with Crippen LogP contribution >= 0.6 is 0 Å². The summed E-state index contributed by atoms with van der Waals surface area (Å²) in [6.45, 7) is 1.74. The zero-order valence-electron chi connectivity index (χ0n) is 6.03. The lowest BCUT2D eigenvalue weighted by Gasteiger charge is -1.96. The molecular weight excluding hydrogens is 142 g/mol. The molecule has 1 N–H and O–H groups in total. The van der Waals surface area contributed by atoms with E-state index < -0.39 is 0 Å². The maximum atomic E-state index is 9.82. The summed E-state index contributed by atoms with van der Waals surface area (Å²) < 4.78 is 0. The van der Waals surface area contributed by atoms with Crippen LogP contribution in [0.1, 0.15) is 5.56 Å². The lowest BCUT2D eigenvalue weighted by atomic mass is 10.2. The molecule has 3 nitrogen and oxygen atoms in total. The molecule has 0 spiro atoms. The van der Waals surface area contributed by atoms with Gasteiger partial charge in [-0.05, 0) is 30.7 Å². The number of rotatable bonds is 1. The Labute approximate surface area is 64.0 Å². The molecule has 1 rings (SSSR count). The highest BCUT2D eigenvalue weighted by atomic mass is 16.3. The van der Waals surface area contributed by atoms with Crippen molar-refractivity contribution < 1.29 is 9.90 Å². The molecule has 0 amide bonds. The fraction of sp³-hybridized carbons (Fsp3) is 0.125. The number of nitrogens with zero attached hydrogens (tertiary/aromatic N) is 1. The van der Waals surface area contributed by atoms with E-state index in [9.17, 15) is 4.79 Å². The summed E-state index contributed by atoms with van der Waals surface area (Å²) >= 11 is 0. The second-order valence-corrected chi connectivity index (χ2v) is 2.17. The van der Waals surface area contributed by atoms with Crippen LogP contribution < -0.4 is 0 Å². The van der Waals surface area contributed by atoms with E-state index in [-0.39, 0.29) is 5.75 Å². The van der Waals surface area contributed by atoms with E-state index in [0.29, 0.717) is 11.3 Å². The van der Waals surface area contributed by atoms with Crippen molar-refractivity contribution in [3.05, 3.63) is 23.8 Å². The third-order valence-electron chi connectivity index (χ3n) is 1.36. The normalized spacial score (nSPS) is 8.82. The fourth-order valence-corrected chi connectivity index (χ4v) is 0.762. The molecule has 0 aliphatic heterocycles. The molecule has 1 aromatic carbocycles. The molecule has 0 aliphatic rings. The molecular formula is C8H7NO2. The van der Waals surface area contributed by atoms with Crippen LogP contribution in [0.25, 0.3) is 0 Å². The van der Waals surface area contributed by atoms with E-state index in [1.807, 2.05) is 0 Å². The fourth-order valence-electron chi connectivity index (χ4n) is 0.762. The highest BCUT2D eigenvalue weighted by Crippen LogP contribution is 2.21. The van der Waals surface area contributed by atoms with Crippen molar-refractivity contribution in [2.75, 3.05) is 0 Å². The first-order valence-corrected chi connectivity index (χ1v) is 3.11. The van der Waals surface area contributed by atoms with Gasteiger partial charge in [-0.15, -0.1) is 0 Å². The van der Waals surface area contributed by atoms with E-state index in [0.717, 1.165) is 0 Å². The van der Waals surface area contributed by atoms with Crippen LogP contribution in [-0.4, -0.2) is 11.2 Å². The number of hydrogen-bond donors (Lipinski definition) is 1. The van der Waals surface area contributed by atoms with Crippen molar-refractivity contribution in [1.29, 1.82) is 0 Å². The Morgan fingerprint density at radius 3 is 2.82 bits per heavy atom. The quantitative estimate of drug-likeness (QED) is 0.487. The Morgan fingerprint density at radius 1 is 1.55 bits per heavy atom. The van der Waals surface area contributed by atoms with Gasteiger partial charge >= 0.3 is 0 Å². The van der Waals surface area contributed by atoms with E-state index in [1.54, 1.807) is 19.1 Å². The third kappa shape index (κ3) is 1.66. The number of isocyanates is 1. The number of aromatic hydroxyl groups is 1. The summed E-state index contributed by atoms with van der Waals surface area (Å²) in [5.41, 5.74) is 1.21. The average Bonchev–Trinajstić information content (AvgIpc) is 1.98. The highest BCUT2D eigenvalue weighted by molar-refractivity contribution is 5.52. The molecule has 56 valence electrons. The van der Waals surface area contributed by atoms with Gasteiger partial charge in [0.2, 0.25) is 6.08 Å². The first-order chi connectivity index (χ1) is 5.24. The average molecular weight is 149 g/mol. The van der Waals surface area contributed by atoms with Gasteiger partial charge in [0.05, 0.1) is 5.69 Å². The molecule has 0 heterocycles. The predicted octanol–water partition coefficient (Wildman–Crippen LogP) is 1.67. The standard InChI is InChI=1S/C8H7NO2/c1-6-4-7(9-5-10)2-3-8(6)11/h2-4,11H,1H3. The molecule has 0 fully saturated rings. The number of phenols is 1. The highest BCUT2D eigenvalue weighted by Gasteiger charge is 1.95. The van der Waals surface area contributed by atoms with Crippen molar-refractivity contribution in [3.8, 4) is 5.75 Å². The van der Waals surface area contributed by atoms with E-state index in [2.05, 4.69) is 4.99 Å². The lowest BCUT2D eigenvalue weighted by molar-refractivity contribution is 0.471. The molecule has 0 aliphatic carbocycles. The van der Waals surface area contributed by atoms with Crippen LogP contribution in [0.15, 0.2) is 23.2 Å². The Kier molecular flexibility index (Phi) is 2.04. The largest absolute Gasteiger partial charge is 0.508 e.